The van der Waals surface area contributed by atoms with Crippen LogP contribution in [-0.4, -0.2) is 33.1 Å². The molecule has 1 atom stereocenters. The first kappa shape index (κ1) is 22.7. The fraction of sp³-hybridized carbons (Fsp3) is 0.133. The third kappa shape index (κ3) is 4.59. The third-order valence-corrected chi connectivity index (χ3v) is 6.67. The SMILES string of the molecule is Cc1ccc(CC(=O)Nc2cc(-c3ccccc3-c3nn[nH]n3)cc3c2OCC3c2ccccc2)cc1. The van der Waals surface area contributed by atoms with Gasteiger partial charge in [0.25, 0.3) is 0 Å². The average molecular weight is 488 g/mol. The van der Waals surface area contributed by atoms with E-state index < -0.39 is 0 Å². The van der Waals surface area contributed by atoms with Gasteiger partial charge in [0.2, 0.25) is 11.7 Å². The number of hydrogen-bond acceptors (Lipinski definition) is 5. The number of nitrogens with one attached hydrogen (secondary N) is 2. The van der Waals surface area contributed by atoms with Crippen LogP contribution in [0.3, 0.4) is 0 Å². The molecule has 0 saturated heterocycles. The van der Waals surface area contributed by atoms with Crippen LogP contribution in [0.4, 0.5) is 5.69 Å². The molecular weight excluding hydrogens is 462 g/mol. The van der Waals surface area contributed by atoms with E-state index in [1.807, 2.05) is 79.7 Å². The van der Waals surface area contributed by atoms with Gasteiger partial charge in [-0.05, 0) is 46.5 Å². The Labute approximate surface area is 214 Å². The van der Waals surface area contributed by atoms with Crippen molar-refractivity contribution in [3.05, 3.63) is 113 Å². The molecule has 1 aliphatic rings. The zero-order chi connectivity index (χ0) is 25.2. The number of amides is 1. The Kier molecular flexibility index (Phi) is 5.94. The maximum absolute atomic E-state index is 13.1. The van der Waals surface area contributed by atoms with Crippen LogP contribution in [0.2, 0.25) is 0 Å². The second kappa shape index (κ2) is 9.70. The summed E-state index contributed by atoms with van der Waals surface area (Å²) in [5, 5.41) is 17.8. The van der Waals surface area contributed by atoms with Gasteiger partial charge >= 0.3 is 0 Å². The lowest BCUT2D eigenvalue weighted by atomic mass is 9.89. The molecule has 7 nitrogen and oxygen atoms in total. The zero-order valence-corrected chi connectivity index (χ0v) is 20.3. The van der Waals surface area contributed by atoms with E-state index in [9.17, 15) is 4.79 Å². The van der Waals surface area contributed by atoms with E-state index in [1.54, 1.807) is 0 Å². The van der Waals surface area contributed by atoms with Gasteiger partial charge in [0.15, 0.2) is 0 Å². The predicted octanol–water partition coefficient (Wildman–Crippen LogP) is 5.55. The highest BCUT2D eigenvalue weighted by molar-refractivity contribution is 5.96. The fourth-order valence-electron chi connectivity index (χ4n) is 4.83. The molecule has 6 rings (SSSR count). The van der Waals surface area contributed by atoms with E-state index >= 15 is 0 Å². The quantitative estimate of drug-likeness (QED) is 0.328. The lowest BCUT2D eigenvalue weighted by Crippen LogP contribution is -2.15. The molecule has 1 aromatic heterocycles. The molecule has 1 unspecified atom stereocenters. The summed E-state index contributed by atoms with van der Waals surface area (Å²) >= 11 is 0. The summed E-state index contributed by atoms with van der Waals surface area (Å²) in [5.41, 5.74) is 7.72. The summed E-state index contributed by atoms with van der Waals surface area (Å²) in [4.78, 5) is 13.1. The molecule has 0 radical (unpaired) electrons. The number of aromatic amines is 1. The molecule has 37 heavy (non-hydrogen) atoms. The zero-order valence-electron chi connectivity index (χ0n) is 20.3. The number of anilines is 1. The van der Waals surface area contributed by atoms with E-state index in [1.165, 1.54) is 5.56 Å². The highest BCUT2D eigenvalue weighted by atomic mass is 16.5. The largest absolute Gasteiger partial charge is 0.490 e. The molecule has 1 aliphatic heterocycles. The molecule has 1 amide bonds. The van der Waals surface area contributed by atoms with Crippen molar-refractivity contribution in [2.75, 3.05) is 11.9 Å². The van der Waals surface area contributed by atoms with E-state index in [0.717, 1.165) is 33.4 Å². The van der Waals surface area contributed by atoms with Gasteiger partial charge in [-0.2, -0.15) is 5.21 Å². The fourth-order valence-corrected chi connectivity index (χ4v) is 4.83. The number of H-pyrrole nitrogens is 1. The first-order valence-corrected chi connectivity index (χ1v) is 12.2. The molecule has 0 spiro atoms. The number of aromatic nitrogens is 4. The van der Waals surface area contributed by atoms with E-state index in [4.69, 9.17) is 4.74 Å². The monoisotopic (exact) mass is 487 g/mol. The Hall–Kier alpha value is -4.78. The van der Waals surface area contributed by atoms with Crippen LogP contribution in [-0.2, 0) is 11.2 Å². The van der Waals surface area contributed by atoms with Crippen molar-refractivity contribution in [1.29, 1.82) is 0 Å². The topological polar surface area (TPSA) is 92.8 Å². The van der Waals surface area contributed by atoms with Crippen LogP contribution in [0.25, 0.3) is 22.5 Å². The van der Waals surface area contributed by atoms with E-state index in [2.05, 4.69) is 44.1 Å². The van der Waals surface area contributed by atoms with Crippen molar-refractivity contribution < 1.29 is 9.53 Å². The van der Waals surface area contributed by atoms with Gasteiger partial charge in [0.05, 0.1) is 18.7 Å². The standard InChI is InChI=1S/C30H25N5O2/c1-19-11-13-20(14-12-19)15-28(36)31-27-17-22(23-9-5-6-10-24(23)30-32-34-35-33-30)16-25-26(18-37-29(25)27)21-7-3-2-4-8-21/h2-14,16-17,26H,15,18H2,1H3,(H,31,36)(H,32,33,34,35). The van der Waals surface area contributed by atoms with Crippen LogP contribution in [0, 0.1) is 6.92 Å². The van der Waals surface area contributed by atoms with Crippen molar-refractivity contribution >= 4 is 11.6 Å². The summed E-state index contributed by atoms with van der Waals surface area (Å²) in [6.07, 6.45) is 0.279. The number of carbonyl (C=O) groups excluding carboxylic acids is 1. The minimum absolute atomic E-state index is 0.0567. The summed E-state index contributed by atoms with van der Waals surface area (Å²) < 4.78 is 6.20. The van der Waals surface area contributed by atoms with Crippen LogP contribution in [0.5, 0.6) is 5.75 Å². The van der Waals surface area contributed by atoms with Gasteiger partial charge in [-0.3, -0.25) is 4.79 Å². The Bertz CT molecular complexity index is 1550. The number of aryl methyl sites for hydroxylation is 1. The molecule has 182 valence electrons. The van der Waals surface area contributed by atoms with Crippen LogP contribution >= 0.6 is 0 Å². The summed E-state index contributed by atoms with van der Waals surface area (Å²) in [7, 11) is 0. The van der Waals surface area contributed by atoms with Crippen molar-refractivity contribution in [3.63, 3.8) is 0 Å². The smallest absolute Gasteiger partial charge is 0.228 e. The van der Waals surface area contributed by atoms with Crippen molar-refractivity contribution in [2.45, 2.75) is 19.3 Å². The van der Waals surface area contributed by atoms with Gasteiger partial charge in [-0.25, -0.2) is 0 Å². The molecule has 2 N–H and O–H groups in total. The molecule has 4 aromatic carbocycles. The number of nitrogens with zero attached hydrogens (tertiary/aromatic N) is 3. The predicted molar refractivity (Wildman–Crippen MR) is 142 cm³/mol. The maximum atomic E-state index is 13.1. The van der Waals surface area contributed by atoms with E-state index in [-0.39, 0.29) is 18.2 Å². The molecule has 0 saturated carbocycles. The second-order valence-electron chi connectivity index (χ2n) is 9.21. The minimum Gasteiger partial charge on any atom is -0.490 e. The third-order valence-electron chi connectivity index (χ3n) is 6.67. The molecule has 0 aliphatic carbocycles. The Morgan fingerprint density at radius 2 is 1.73 bits per heavy atom. The van der Waals surface area contributed by atoms with Gasteiger partial charge in [-0.1, -0.05) is 84.4 Å². The molecule has 2 heterocycles. The molecule has 7 heteroatoms. The molecule has 5 aromatic rings. The Morgan fingerprint density at radius 3 is 2.49 bits per heavy atom. The number of tetrazole rings is 1. The summed E-state index contributed by atoms with van der Waals surface area (Å²) in [5.74, 6) is 1.19. The van der Waals surface area contributed by atoms with Crippen LogP contribution in [0.15, 0.2) is 91.0 Å². The number of ether oxygens (including phenoxy) is 1. The van der Waals surface area contributed by atoms with Gasteiger partial charge in [0, 0.05) is 17.0 Å². The normalized spacial score (nSPS) is 14.1. The van der Waals surface area contributed by atoms with Crippen molar-refractivity contribution in [1.82, 2.24) is 20.6 Å². The molecule has 0 bridgehead atoms. The Balaban J connectivity index is 1.43. The number of benzene rings is 4. The summed E-state index contributed by atoms with van der Waals surface area (Å²) in [6, 6.07) is 30.3. The van der Waals surface area contributed by atoms with Crippen molar-refractivity contribution in [3.8, 4) is 28.3 Å². The number of rotatable bonds is 6. The number of hydrogen-bond donors (Lipinski definition) is 2. The lowest BCUT2D eigenvalue weighted by Gasteiger charge is -2.16. The lowest BCUT2D eigenvalue weighted by molar-refractivity contribution is -0.115. The first-order valence-electron chi connectivity index (χ1n) is 12.2. The van der Waals surface area contributed by atoms with Crippen LogP contribution < -0.4 is 10.1 Å². The molecular formula is C30H25N5O2. The first-order chi connectivity index (χ1) is 18.2. The van der Waals surface area contributed by atoms with Crippen LogP contribution in [0.1, 0.15) is 28.2 Å². The molecule has 0 fully saturated rings. The summed E-state index contributed by atoms with van der Waals surface area (Å²) in [6.45, 7) is 2.54. The van der Waals surface area contributed by atoms with E-state index in [0.29, 0.717) is 23.9 Å². The Morgan fingerprint density at radius 1 is 0.973 bits per heavy atom. The highest BCUT2D eigenvalue weighted by Crippen LogP contribution is 2.46. The minimum atomic E-state index is -0.0959. The van der Waals surface area contributed by atoms with Crippen molar-refractivity contribution in [2.24, 2.45) is 0 Å². The van der Waals surface area contributed by atoms with Gasteiger partial charge in [0.1, 0.15) is 5.75 Å². The highest BCUT2D eigenvalue weighted by Gasteiger charge is 2.30. The number of carbonyl (C=O) groups is 1. The second-order valence-corrected chi connectivity index (χ2v) is 9.21. The average Bonchev–Trinajstić information content (AvgIpc) is 3.61. The van der Waals surface area contributed by atoms with Gasteiger partial charge < -0.3 is 10.1 Å². The number of fused-ring (bicyclic) bond motifs is 1. The van der Waals surface area contributed by atoms with Gasteiger partial charge in [-0.15, -0.1) is 10.2 Å². The maximum Gasteiger partial charge on any atom is 0.228 e.